The van der Waals surface area contributed by atoms with E-state index in [-0.39, 0.29) is 5.91 Å². The first-order valence-electron chi connectivity index (χ1n) is 11.6. The second-order valence-corrected chi connectivity index (χ2v) is 8.39. The molecule has 0 atom stereocenters. The summed E-state index contributed by atoms with van der Waals surface area (Å²) in [4.78, 5) is 17.8. The van der Waals surface area contributed by atoms with E-state index in [1.807, 2.05) is 68.6 Å². The predicted molar refractivity (Wildman–Crippen MR) is 141 cm³/mol. The van der Waals surface area contributed by atoms with Gasteiger partial charge in [0.15, 0.2) is 11.5 Å². The average Bonchev–Trinajstić information content (AvgIpc) is 3.37. The van der Waals surface area contributed by atoms with Gasteiger partial charge in [-0.25, -0.2) is 4.98 Å². The maximum atomic E-state index is 13.0. The van der Waals surface area contributed by atoms with Crippen molar-refractivity contribution in [3.8, 4) is 39.1 Å². The van der Waals surface area contributed by atoms with Gasteiger partial charge in [-0.15, -0.1) is 11.3 Å². The van der Waals surface area contributed by atoms with Gasteiger partial charge >= 0.3 is 0 Å². The van der Waals surface area contributed by atoms with Crippen molar-refractivity contribution in [2.24, 2.45) is 0 Å². The van der Waals surface area contributed by atoms with Gasteiger partial charge < -0.3 is 19.5 Å². The van der Waals surface area contributed by atoms with Gasteiger partial charge in [-0.05, 0) is 45.0 Å². The van der Waals surface area contributed by atoms with Crippen molar-refractivity contribution in [1.29, 1.82) is 0 Å². The Morgan fingerprint density at radius 1 is 0.829 bits per heavy atom. The fraction of sp³-hybridized carbons (Fsp3) is 0.214. The number of nitrogens with zero attached hydrogens (tertiary/aromatic N) is 1. The van der Waals surface area contributed by atoms with E-state index < -0.39 is 0 Å². The van der Waals surface area contributed by atoms with Gasteiger partial charge in [0.1, 0.15) is 5.01 Å². The molecule has 0 unspecified atom stereocenters. The number of rotatable bonds is 10. The molecule has 0 fully saturated rings. The lowest BCUT2D eigenvalue weighted by molar-refractivity contribution is 0.102. The number of benzene rings is 3. The van der Waals surface area contributed by atoms with E-state index >= 15 is 0 Å². The molecule has 6 nitrogen and oxygen atoms in total. The summed E-state index contributed by atoms with van der Waals surface area (Å²) in [6.45, 7) is 7.01. The van der Waals surface area contributed by atoms with Crippen molar-refractivity contribution in [1.82, 2.24) is 4.98 Å². The number of hydrogen-bond acceptors (Lipinski definition) is 6. The standard InChI is InChI=1S/C28H28N2O4S/c1-4-32-24-16-21(17-25(33-5-2)26(24)34-6-3)27(31)29-22-14-12-19(13-15-22)23-18-35-28(30-23)20-10-8-7-9-11-20/h7-18H,4-6H2,1-3H3,(H,29,31). The zero-order valence-electron chi connectivity index (χ0n) is 20.0. The summed E-state index contributed by atoms with van der Waals surface area (Å²) in [7, 11) is 0. The normalized spacial score (nSPS) is 10.6. The number of aromatic nitrogens is 1. The number of carbonyl (C=O) groups is 1. The smallest absolute Gasteiger partial charge is 0.255 e. The Hall–Kier alpha value is -3.84. The van der Waals surface area contributed by atoms with Crippen molar-refractivity contribution in [3.63, 3.8) is 0 Å². The van der Waals surface area contributed by atoms with Crippen LogP contribution in [0, 0.1) is 0 Å². The molecule has 35 heavy (non-hydrogen) atoms. The second-order valence-electron chi connectivity index (χ2n) is 7.54. The Labute approximate surface area is 209 Å². The SMILES string of the molecule is CCOc1cc(C(=O)Nc2ccc(-c3csc(-c4ccccc4)n3)cc2)cc(OCC)c1OCC. The van der Waals surface area contributed by atoms with Gasteiger partial charge in [-0.3, -0.25) is 4.79 Å². The first kappa shape index (κ1) is 24.3. The van der Waals surface area contributed by atoms with Crippen LogP contribution >= 0.6 is 11.3 Å². The maximum absolute atomic E-state index is 13.0. The van der Waals surface area contributed by atoms with E-state index in [1.165, 1.54) is 0 Å². The van der Waals surface area contributed by atoms with Gasteiger partial charge in [0, 0.05) is 27.8 Å². The van der Waals surface area contributed by atoms with E-state index in [9.17, 15) is 4.79 Å². The lowest BCUT2D eigenvalue weighted by Crippen LogP contribution is -2.13. The molecule has 3 aromatic carbocycles. The Kier molecular flexibility index (Phi) is 8.00. The van der Waals surface area contributed by atoms with E-state index in [0.29, 0.717) is 48.3 Å². The van der Waals surface area contributed by atoms with Crippen LogP contribution in [-0.2, 0) is 0 Å². The van der Waals surface area contributed by atoms with Crippen molar-refractivity contribution in [3.05, 3.63) is 77.7 Å². The number of amides is 1. The quantitative estimate of drug-likeness (QED) is 0.262. The van der Waals surface area contributed by atoms with Gasteiger partial charge in [0.25, 0.3) is 5.91 Å². The molecule has 4 aromatic rings. The number of hydrogen-bond donors (Lipinski definition) is 1. The molecule has 1 aromatic heterocycles. The van der Waals surface area contributed by atoms with E-state index in [4.69, 9.17) is 19.2 Å². The predicted octanol–water partition coefficient (Wildman–Crippen LogP) is 6.93. The number of thiazole rings is 1. The Morgan fingerprint density at radius 2 is 1.46 bits per heavy atom. The van der Waals surface area contributed by atoms with Gasteiger partial charge in [-0.2, -0.15) is 0 Å². The van der Waals surface area contributed by atoms with E-state index in [1.54, 1.807) is 23.5 Å². The van der Waals surface area contributed by atoms with Gasteiger partial charge in [0.2, 0.25) is 5.75 Å². The number of anilines is 1. The molecule has 0 aliphatic rings. The molecular formula is C28H28N2O4S. The fourth-order valence-corrected chi connectivity index (χ4v) is 4.40. The van der Waals surface area contributed by atoms with E-state index in [2.05, 4.69) is 17.4 Å². The lowest BCUT2D eigenvalue weighted by atomic mass is 10.1. The van der Waals surface area contributed by atoms with Crippen molar-refractivity contribution in [2.45, 2.75) is 20.8 Å². The van der Waals surface area contributed by atoms with Crippen LogP contribution in [0.2, 0.25) is 0 Å². The molecule has 1 amide bonds. The molecule has 1 N–H and O–H groups in total. The third-order valence-corrected chi connectivity index (χ3v) is 6.03. The first-order valence-corrected chi connectivity index (χ1v) is 12.5. The summed E-state index contributed by atoms with van der Waals surface area (Å²) in [5.74, 6) is 1.22. The summed E-state index contributed by atoms with van der Waals surface area (Å²) >= 11 is 1.61. The van der Waals surface area contributed by atoms with Crippen LogP contribution in [0.15, 0.2) is 72.1 Å². The third kappa shape index (κ3) is 5.81. The maximum Gasteiger partial charge on any atom is 0.255 e. The fourth-order valence-electron chi connectivity index (χ4n) is 3.57. The minimum absolute atomic E-state index is 0.261. The van der Waals surface area contributed by atoms with Crippen LogP contribution in [0.25, 0.3) is 21.8 Å². The largest absolute Gasteiger partial charge is 0.490 e. The summed E-state index contributed by atoms with van der Waals surface area (Å²) in [5.41, 5.74) is 4.10. The molecule has 180 valence electrons. The third-order valence-electron chi connectivity index (χ3n) is 5.13. The minimum Gasteiger partial charge on any atom is -0.490 e. The first-order chi connectivity index (χ1) is 17.1. The molecule has 7 heteroatoms. The number of carbonyl (C=O) groups excluding carboxylic acids is 1. The molecule has 0 aliphatic carbocycles. The Balaban J connectivity index is 1.52. The van der Waals surface area contributed by atoms with Crippen molar-refractivity contribution >= 4 is 22.9 Å². The zero-order chi connectivity index (χ0) is 24.6. The van der Waals surface area contributed by atoms with Crippen molar-refractivity contribution < 1.29 is 19.0 Å². The highest BCUT2D eigenvalue weighted by Gasteiger charge is 2.18. The summed E-state index contributed by atoms with van der Waals surface area (Å²) < 4.78 is 17.2. The molecule has 0 aliphatic heterocycles. The molecule has 4 rings (SSSR count). The van der Waals surface area contributed by atoms with Gasteiger partial charge in [-0.1, -0.05) is 42.5 Å². The van der Waals surface area contributed by atoms with Crippen LogP contribution < -0.4 is 19.5 Å². The topological polar surface area (TPSA) is 69.7 Å². The molecule has 0 saturated carbocycles. The summed E-state index contributed by atoms with van der Waals surface area (Å²) in [6.07, 6.45) is 0. The van der Waals surface area contributed by atoms with E-state index in [0.717, 1.165) is 21.8 Å². The van der Waals surface area contributed by atoms with Gasteiger partial charge in [0.05, 0.1) is 25.5 Å². The molecule has 0 bridgehead atoms. The molecule has 0 radical (unpaired) electrons. The number of nitrogens with one attached hydrogen (secondary N) is 1. The van der Waals surface area contributed by atoms with Crippen LogP contribution in [0.3, 0.4) is 0 Å². The lowest BCUT2D eigenvalue weighted by Gasteiger charge is -2.17. The zero-order valence-corrected chi connectivity index (χ0v) is 20.9. The monoisotopic (exact) mass is 488 g/mol. The molecular weight excluding hydrogens is 460 g/mol. The minimum atomic E-state index is -0.261. The number of ether oxygens (including phenoxy) is 3. The van der Waals surface area contributed by atoms with Crippen LogP contribution in [0.4, 0.5) is 5.69 Å². The second kappa shape index (κ2) is 11.5. The highest BCUT2D eigenvalue weighted by molar-refractivity contribution is 7.13. The molecule has 1 heterocycles. The highest BCUT2D eigenvalue weighted by Crippen LogP contribution is 2.39. The molecule has 0 saturated heterocycles. The van der Waals surface area contributed by atoms with Crippen LogP contribution in [0.1, 0.15) is 31.1 Å². The highest BCUT2D eigenvalue weighted by atomic mass is 32.1. The summed E-state index contributed by atoms with van der Waals surface area (Å²) in [5, 5.41) is 5.97. The summed E-state index contributed by atoms with van der Waals surface area (Å²) in [6, 6.07) is 21.1. The average molecular weight is 489 g/mol. The Morgan fingerprint density at radius 3 is 2.06 bits per heavy atom. The van der Waals surface area contributed by atoms with Crippen molar-refractivity contribution in [2.75, 3.05) is 25.1 Å². The van der Waals surface area contributed by atoms with Crippen LogP contribution in [-0.4, -0.2) is 30.7 Å². The molecule has 0 spiro atoms. The van der Waals surface area contributed by atoms with Crippen LogP contribution in [0.5, 0.6) is 17.2 Å². The Bertz CT molecular complexity index is 1240.